The molecule has 2 aliphatic rings. The number of carbonyl (C=O) groups is 1. The number of nitrogens with zero attached hydrogens (tertiary/aromatic N) is 2. The van der Waals surface area contributed by atoms with Crippen LogP contribution in [0.3, 0.4) is 0 Å². The topological polar surface area (TPSA) is 70.1 Å². The molecule has 1 aromatic carbocycles. The highest BCUT2D eigenvalue weighted by molar-refractivity contribution is 5.68. The second-order valence-corrected chi connectivity index (χ2v) is 8.95. The summed E-state index contributed by atoms with van der Waals surface area (Å²) in [6.07, 6.45) is 0.322. The monoisotopic (exact) mass is 426 g/mol. The second-order valence-electron chi connectivity index (χ2n) is 8.95. The molecule has 1 aromatic heterocycles. The SMILES string of the molecule is CC(C)(C)OC(=O)N1CC[C@H](COc2cccc(-c3cccc(C4OCCO4)c3)n2)C1. The molecule has 2 saturated heterocycles. The molecule has 1 amide bonds. The summed E-state index contributed by atoms with van der Waals surface area (Å²) in [5.74, 6) is 0.838. The van der Waals surface area contributed by atoms with E-state index in [1.807, 2.05) is 63.2 Å². The highest BCUT2D eigenvalue weighted by atomic mass is 16.7. The molecule has 2 fully saturated rings. The third-order valence-corrected chi connectivity index (χ3v) is 5.20. The summed E-state index contributed by atoms with van der Waals surface area (Å²) in [6, 6.07) is 13.8. The lowest BCUT2D eigenvalue weighted by Crippen LogP contribution is -2.35. The van der Waals surface area contributed by atoms with Crippen LogP contribution in [-0.4, -0.2) is 54.5 Å². The average molecular weight is 427 g/mol. The smallest absolute Gasteiger partial charge is 0.410 e. The number of hydrogen-bond acceptors (Lipinski definition) is 6. The zero-order valence-corrected chi connectivity index (χ0v) is 18.4. The van der Waals surface area contributed by atoms with Gasteiger partial charge < -0.3 is 23.8 Å². The van der Waals surface area contributed by atoms with Crippen molar-refractivity contribution in [1.29, 1.82) is 0 Å². The number of rotatable bonds is 5. The highest BCUT2D eigenvalue weighted by Gasteiger charge is 2.30. The van der Waals surface area contributed by atoms with Crippen molar-refractivity contribution in [3.63, 3.8) is 0 Å². The zero-order chi connectivity index (χ0) is 21.8. The number of hydrogen-bond donors (Lipinski definition) is 0. The molecular formula is C24H30N2O5. The van der Waals surface area contributed by atoms with Gasteiger partial charge in [-0.25, -0.2) is 9.78 Å². The zero-order valence-electron chi connectivity index (χ0n) is 18.4. The predicted molar refractivity (Wildman–Crippen MR) is 116 cm³/mol. The van der Waals surface area contributed by atoms with Crippen molar-refractivity contribution in [3.05, 3.63) is 48.0 Å². The maximum Gasteiger partial charge on any atom is 0.410 e. The molecule has 0 unspecified atom stereocenters. The number of likely N-dealkylation sites (tertiary alicyclic amines) is 1. The Kier molecular flexibility index (Phi) is 6.43. The van der Waals surface area contributed by atoms with Crippen molar-refractivity contribution in [2.24, 2.45) is 5.92 Å². The third kappa shape index (κ3) is 5.74. The van der Waals surface area contributed by atoms with E-state index in [1.54, 1.807) is 4.90 Å². The fraction of sp³-hybridized carbons (Fsp3) is 0.500. The Morgan fingerprint density at radius 1 is 1.16 bits per heavy atom. The van der Waals surface area contributed by atoms with Crippen LogP contribution >= 0.6 is 0 Å². The molecule has 1 atom stereocenters. The molecule has 0 N–H and O–H groups in total. The molecule has 0 bridgehead atoms. The van der Waals surface area contributed by atoms with Gasteiger partial charge in [-0.15, -0.1) is 0 Å². The maximum absolute atomic E-state index is 12.2. The van der Waals surface area contributed by atoms with Crippen molar-refractivity contribution < 1.29 is 23.7 Å². The molecule has 2 aromatic rings. The Bertz CT molecular complexity index is 905. The van der Waals surface area contributed by atoms with Crippen molar-refractivity contribution in [1.82, 2.24) is 9.88 Å². The second kappa shape index (κ2) is 9.24. The molecule has 0 radical (unpaired) electrons. The Morgan fingerprint density at radius 2 is 1.94 bits per heavy atom. The van der Waals surface area contributed by atoms with Crippen molar-refractivity contribution in [2.45, 2.75) is 39.1 Å². The van der Waals surface area contributed by atoms with Crippen LogP contribution in [0.15, 0.2) is 42.5 Å². The summed E-state index contributed by atoms with van der Waals surface area (Å²) in [6.45, 7) is 8.70. The lowest BCUT2D eigenvalue weighted by molar-refractivity contribution is -0.0440. The van der Waals surface area contributed by atoms with Gasteiger partial charge in [0.25, 0.3) is 0 Å². The van der Waals surface area contributed by atoms with Gasteiger partial charge >= 0.3 is 6.09 Å². The molecule has 0 saturated carbocycles. The molecular weight excluding hydrogens is 396 g/mol. The van der Waals surface area contributed by atoms with Crippen molar-refractivity contribution in [3.8, 4) is 17.1 Å². The fourth-order valence-corrected chi connectivity index (χ4v) is 3.72. The Balaban J connectivity index is 1.34. The normalized spacial score (nSPS) is 19.6. The molecule has 31 heavy (non-hydrogen) atoms. The van der Waals surface area contributed by atoms with E-state index in [4.69, 9.17) is 18.9 Å². The van der Waals surface area contributed by atoms with Gasteiger partial charge in [0.2, 0.25) is 5.88 Å². The minimum atomic E-state index is -0.483. The van der Waals surface area contributed by atoms with Crippen LogP contribution in [0.2, 0.25) is 0 Å². The molecule has 0 spiro atoms. The van der Waals surface area contributed by atoms with Crippen molar-refractivity contribution >= 4 is 6.09 Å². The lowest BCUT2D eigenvalue weighted by atomic mass is 10.1. The summed E-state index contributed by atoms with van der Waals surface area (Å²) < 4.78 is 22.6. The molecule has 7 heteroatoms. The largest absolute Gasteiger partial charge is 0.477 e. The van der Waals surface area contributed by atoms with Gasteiger partial charge in [-0.3, -0.25) is 0 Å². The molecule has 0 aliphatic carbocycles. The van der Waals surface area contributed by atoms with Crippen LogP contribution in [0, 0.1) is 5.92 Å². The molecule has 4 rings (SSSR count). The molecule has 7 nitrogen and oxygen atoms in total. The van der Waals surface area contributed by atoms with Gasteiger partial charge in [-0.2, -0.15) is 0 Å². The first kappa shape index (κ1) is 21.6. The summed E-state index contributed by atoms with van der Waals surface area (Å²) in [5, 5.41) is 0. The van der Waals surface area contributed by atoms with E-state index in [1.165, 1.54) is 0 Å². The first-order valence-electron chi connectivity index (χ1n) is 10.8. The summed E-state index contributed by atoms with van der Waals surface area (Å²) in [4.78, 5) is 18.7. The Hall–Kier alpha value is -2.64. The van der Waals surface area contributed by atoms with Crippen LogP contribution in [0.25, 0.3) is 11.3 Å². The van der Waals surface area contributed by atoms with E-state index in [-0.39, 0.29) is 18.3 Å². The predicted octanol–water partition coefficient (Wildman–Crippen LogP) is 4.43. The van der Waals surface area contributed by atoms with E-state index < -0.39 is 5.60 Å². The van der Waals surface area contributed by atoms with E-state index >= 15 is 0 Å². The average Bonchev–Trinajstić information content (AvgIpc) is 3.44. The van der Waals surface area contributed by atoms with Crippen LogP contribution < -0.4 is 4.74 Å². The minimum Gasteiger partial charge on any atom is -0.477 e. The van der Waals surface area contributed by atoms with Crippen LogP contribution in [0.1, 0.15) is 39.0 Å². The number of benzene rings is 1. The standard InChI is InChI=1S/C24H30N2O5/c1-24(2,3)31-23(27)26-11-10-17(15-26)16-30-21-9-5-8-20(25-21)18-6-4-7-19(14-18)22-28-12-13-29-22/h4-9,14,17,22H,10-13,15-16H2,1-3H3/t17-/m0/s1. The molecule has 166 valence electrons. The van der Waals surface area contributed by atoms with E-state index in [0.29, 0.717) is 38.8 Å². The van der Waals surface area contributed by atoms with Crippen LogP contribution in [-0.2, 0) is 14.2 Å². The summed E-state index contributed by atoms with van der Waals surface area (Å²) >= 11 is 0. The van der Waals surface area contributed by atoms with E-state index in [0.717, 1.165) is 23.2 Å². The van der Waals surface area contributed by atoms with Gasteiger partial charge in [0.1, 0.15) is 5.60 Å². The number of pyridine rings is 1. The van der Waals surface area contributed by atoms with Crippen LogP contribution in [0.5, 0.6) is 5.88 Å². The number of carbonyl (C=O) groups excluding carboxylic acids is 1. The number of aromatic nitrogens is 1. The molecule has 3 heterocycles. The van der Waals surface area contributed by atoms with Crippen molar-refractivity contribution in [2.75, 3.05) is 32.9 Å². The fourth-order valence-electron chi connectivity index (χ4n) is 3.72. The number of ether oxygens (including phenoxy) is 4. The Labute approximate surface area is 183 Å². The quantitative estimate of drug-likeness (QED) is 0.704. The summed E-state index contributed by atoms with van der Waals surface area (Å²) in [7, 11) is 0. The first-order chi connectivity index (χ1) is 14.9. The summed E-state index contributed by atoms with van der Waals surface area (Å²) in [5.41, 5.74) is 2.32. The first-order valence-corrected chi connectivity index (χ1v) is 10.8. The van der Waals surface area contributed by atoms with Crippen LogP contribution in [0.4, 0.5) is 4.79 Å². The number of amides is 1. The Morgan fingerprint density at radius 3 is 2.71 bits per heavy atom. The molecule has 2 aliphatic heterocycles. The van der Waals surface area contributed by atoms with Gasteiger partial charge in [0.05, 0.1) is 25.5 Å². The van der Waals surface area contributed by atoms with Gasteiger partial charge in [-0.05, 0) is 39.3 Å². The maximum atomic E-state index is 12.2. The third-order valence-electron chi connectivity index (χ3n) is 5.20. The van der Waals surface area contributed by atoms with Gasteiger partial charge in [0.15, 0.2) is 6.29 Å². The lowest BCUT2D eigenvalue weighted by Gasteiger charge is -2.24. The van der Waals surface area contributed by atoms with Gasteiger partial charge in [-0.1, -0.05) is 24.3 Å². The minimum absolute atomic E-state index is 0.259. The van der Waals surface area contributed by atoms with Gasteiger partial charge in [0, 0.05) is 36.2 Å². The van der Waals surface area contributed by atoms with E-state index in [2.05, 4.69) is 4.98 Å². The van der Waals surface area contributed by atoms with E-state index in [9.17, 15) is 4.79 Å². The highest BCUT2D eigenvalue weighted by Crippen LogP contribution is 2.28.